The quantitative estimate of drug-likeness (QED) is 0.879. The third-order valence-corrected chi connectivity index (χ3v) is 2.44. The van der Waals surface area contributed by atoms with E-state index in [0.717, 1.165) is 16.6 Å². The molecule has 1 aromatic carbocycles. The Morgan fingerprint density at radius 3 is 2.78 bits per heavy atom. The molecule has 1 N–H and O–H groups in total. The maximum Gasteiger partial charge on any atom is 0.411 e. The zero-order chi connectivity index (χ0) is 13.1. The van der Waals surface area contributed by atoms with E-state index in [-0.39, 0.29) is 6.10 Å². The summed E-state index contributed by atoms with van der Waals surface area (Å²) in [4.78, 5) is 16.0. The molecule has 4 heteroatoms. The molecule has 0 aliphatic carbocycles. The van der Waals surface area contributed by atoms with Crippen molar-refractivity contribution in [2.45, 2.75) is 26.9 Å². The minimum absolute atomic E-state index is 0.144. The highest BCUT2D eigenvalue weighted by Crippen LogP contribution is 2.21. The molecule has 0 bridgehead atoms. The zero-order valence-corrected chi connectivity index (χ0v) is 10.7. The second kappa shape index (κ2) is 5.04. The average molecular weight is 244 g/mol. The topological polar surface area (TPSA) is 51.2 Å². The fourth-order valence-electron chi connectivity index (χ4n) is 1.70. The molecule has 0 spiro atoms. The van der Waals surface area contributed by atoms with Crippen molar-refractivity contribution in [1.82, 2.24) is 4.98 Å². The SMILES string of the molecule is Cc1ccc2cccc(NC(=O)OC(C)C)c2n1. The van der Waals surface area contributed by atoms with Crippen LogP contribution in [0.25, 0.3) is 10.9 Å². The van der Waals surface area contributed by atoms with Crippen LogP contribution in [0, 0.1) is 6.92 Å². The van der Waals surface area contributed by atoms with Gasteiger partial charge in [0.05, 0.1) is 17.3 Å². The van der Waals surface area contributed by atoms with Crippen LogP contribution in [0.15, 0.2) is 30.3 Å². The predicted octanol–water partition coefficient (Wildman–Crippen LogP) is 3.50. The van der Waals surface area contributed by atoms with E-state index in [4.69, 9.17) is 4.74 Å². The molecular formula is C14H16N2O2. The Labute approximate surface area is 106 Å². The van der Waals surface area contributed by atoms with Gasteiger partial charge >= 0.3 is 6.09 Å². The van der Waals surface area contributed by atoms with E-state index < -0.39 is 6.09 Å². The Kier molecular flexibility index (Phi) is 3.46. The van der Waals surface area contributed by atoms with Crippen molar-refractivity contribution in [1.29, 1.82) is 0 Å². The molecule has 0 saturated carbocycles. The van der Waals surface area contributed by atoms with Crippen LogP contribution in [0.5, 0.6) is 0 Å². The van der Waals surface area contributed by atoms with E-state index in [1.165, 1.54) is 0 Å². The van der Waals surface area contributed by atoms with E-state index in [9.17, 15) is 4.79 Å². The Hall–Kier alpha value is -2.10. The largest absolute Gasteiger partial charge is 0.447 e. The summed E-state index contributed by atoms with van der Waals surface area (Å²) in [6.45, 7) is 5.54. The molecular weight excluding hydrogens is 228 g/mol. The van der Waals surface area contributed by atoms with Crippen molar-refractivity contribution in [3.63, 3.8) is 0 Å². The van der Waals surface area contributed by atoms with Crippen molar-refractivity contribution >= 4 is 22.7 Å². The Morgan fingerprint density at radius 2 is 2.06 bits per heavy atom. The molecule has 0 unspecified atom stereocenters. The highest BCUT2D eigenvalue weighted by molar-refractivity contribution is 5.97. The molecule has 94 valence electrons. The van der Waals surface area contributed by atoms with Gasteiger partial charge in [0.25, 0.3) is 0 Å². The summed E-state index contributed by atoms with van der Waals surface area (Å²) in [6, 6.07) is 9.58. The minimum atomic E-state index is -0.458. The highest BCUT2D eigenvalue weighted by atomic mass is 16.6. The summed E-state index contributed by atoms with van der Waals surface area (Å²) in [5.74, 6) is 0. The minimum Gasteiger partial charge on any atom is -0.447 e. The van der Waals surface area contributed by atoms with Crippen molar-refractivity contribution in [2.75, 3.05) is 5.32 Å². The highest BCUT2D eigenvalue weighted by Gasteiger charge is 2.09. The summed E-state index contributed by atoms with van der Waals surface area (Å²) in [7, 11) is 0. The van der Waals surface area contributed by atoms with Crippen LogP contribution in [0.4, 0.5) is 10.5 Å². The third-order valence-electron chi connectivity index (χ3n) is 2.44. The van der Waals surface area contributed by atoms with Gasteiger partial charge < -0.3 is 4.74 Å². The first-order chi connectivity index (χ1) is 8.56. The van der Waals surface area contributed by atoms with Gasteiger partial charge in [-0.2, -0.15) is 0 Å². The number of anilines is 1. The van der Waals surface area contributed by atoms with Gasteiger partial charge in [-0.15, -0.1) is 0 Å². The number of hydrogen-bond donors (Lipinski definition) is 1. The number of nitrogens with zero attached hydrogens (tertiary/aromatic N) is 1. The number of aryl methyl sites for hydroxylation is 1. The predicted molar refractivity (Wildman–Crippen MR) is 71.7 cm³/mol. The van der Waals surface area contributed by atoms with Gasteiger partial charge in [0.15, 0.2) is 0 Å². The van der Waals surface area contributed by atoms with E-state index in [0.29, 0.717) is 5.69 Å². The van der Waals surface area contributed by atoms with Gasteiger partial charge in [-0.25, -0.2) is 4.79 Å². The summed E-state index contributed by atoms with van der Waals surface area (Å²) >= 11 is 0. The van der Waals surface area contributed by atoms with Crippen molar-refractivity contribution < 1.29 is 9.53 Å². The van der Waals surface area contributed by atoms with Gasteiger partial charge in [-0.05, 0) is 32.9 Å². The molecule has 0 radical (unpaired) electrons. The van der Waals surface area contributed by atoms with Gasteiger partial charge in [-0.1, -0.05) is 18.2 Å². The van der Waals surface area contributed by atoms with Crippen LogP contribution in [-0.4, -0.2) is 17.2 Å². The lowest BCUT2D eigenvalue weighted by atomic mass is 10.2. The van der Waals surface area contributed by atoms with Crippen molar-refractivity contribution in [3.05, 3.63) is 36.0 Å². The lowest BCUT2D eigenvalue weighted by Crippen LogP contribution is -2.18. The molecule has 2 rings (SSSR count). The molecule has 2 aromatic rings. The number of para-hydroxylation sites is 1. The molecule has 0 saturated heterocycles. The molecule has 18 heavy (non-hydrogen) atoms. The fourth-order valence-corrected chi connectivity index (χ4v) is 1.70. The number of aromatic nitrogens is 1. The van der Waals surface area contributed by atoms with Gasteiger partial charge in [-0.3, -0.25) is 10.3 Å². The molecule has 0 fully saturated rings. The van der Waals surface area contributed by atoms with Crippen LogP contribution in [-0.2, 0) is 4.74 Å². The number of rotatable bonds is 2. The summed E-state index contributed by atoms with van der Waals surface area (Å²) in [5, 5.41) is 3.71. The first-order valence-electron chi connectivity index (χ1n) is 5.90. The zero-order valence-electron chi connectivity index (χ0n) is 10.7. The molecule has 1 heterocycles. The van der Waals surface area contributed by atoms with E-state index >= 15 is 0 Å². The summed E-state index contributed by atoms with van der Waals surface area (Å²) in [5.41, 5.74) is 2.36. The van der Waals surface area contributed by atoms with Crippen LogP contribution in [0.1, 0.15) is 19.5 Å². The second-order valence-corrected chi connectivity index (χ2v) is 4.41. The van der Waals surface area contributed by atoms with Crippen LogP contribution < -0.4 is 5.32 Å². The molecule has 1 aromatic heterocycles. The third kappa shape index (κ3) is 2.77. The number of pyridine rings is 1. The Bertz CT molecular complexity index is 579. The van der Waals surface area contributed by atoms with Crippen molar-refractivity contribution in [2.24, 2.45) is 0 Å². The van der Waals surface area contributed by atoms with E-state index in [2.05, 4.69) is 10.3 Å². The number of benzene rings is 1. The number of nitrogens with one attached hydrogen (secondary N) is 1. The lowest BCUT2D eigenvalue weighted by Gasteiger charge is -2.11. The maximum atomic E-state index is 11.6. The van der Waals surface area contributed by atoms with Gasteiger partial charge in [0.1, 0.15) is 0 Å². The maximum absolute atomic E-state index is 11.6. The Morgan fingerprint density at radius 1 is 1.28 bits per heavy atom. The van der Waals surface area contributed by atoms with E-state index in [1.54, 1.807) is 0 Å². The smallest absolute Gasteiger partial charge is 0.411 e. The number of hydrogen-bond acceptors (Lipinski definition) is 3. The number of carbonyl (C=O) groups is 1. The van der Waals surface area contributed by atoms with Crippen LogP contribution in [0.3, 0.4) is 0 Å². The number of ether oxygens (including phenoxy) is 1. The van der Waals surface area contributed by atoms with Gasteiger partial charge in [0.2, 0.25) is 0 Å². The summed E-state index contributed by atoms with van der Waals surface area (Å²) in [6.07, 6.45) is -0.601. The first-order valence-corrected chi connectivity index (χ1v) is 5.90. The van der Waals surface area contributed by atoms with Crippen molar-refractivity contribution in [3.8, 4) is 0 Å². The van der Waals surface area contributed by atoms with Gasteiger partial charge in [0, 0.05) is 11.1 Å². The van der Waals surface area contributed by atoms with Crippen LogP contribution in [0.2, 0.25) is 0 Å². The lowest BCUT2D eigenvalue weighted by molar-refractivity contribution is 0.130. The second-order valence-electron chi connectivity index (χ2n) is 4.41. The number of amides is 1. The Balaban J connectivity index is 2.33. The molecule has 0 atom stereocenters. The molecule has 0 aliphatic heterocycles. The molecule has 4 nitrogen and oxygen atoms in total. The first kappa shape index (κ1) is 12.4. The van der Waals surface area contributed by atoms with E-state index in [1.807, 2.05) is 51.1 Å². The number of carbonyl (C=O) groups excluding carboxylic acids is 1. The summed E-state index contributed by atoms with van der Waals surface area (Å²) < 4.78 is 5.06. The molecule has 1 amide bonds. The molecule has 0 aliphatic rings. The van der Waals surface area contributed by atoms with Crippen LogP contribution >= 0.6 is 0 Å². The fraction of sp³-hybridized carbons (Fsp3) is 0.286. The number of fused-ring (bicyclic) bond motifs is 1. The normalized spacial score (nSPS) is 10.7. The average Bonchev–Trinajstić information content (AvgIpc) is 2.28. The standard InChI is InChI=1S/C14H16N2O2/c1-9(2)18-14(17)16-12-6-4-5-11-8-7-10(3)15-13(11)12/h4-9H,1-3H3,(H,16,17). The monoisotopic (exact) mass is 244 g/mol.